The number of aromatic nitrogens is 1. The van der Waals surface area contributed by atoms with E-state index in [0.29, 0.717) is 0 Å². The number of pyridine rings is 1. The van der Waals surface area contributed by atoms with Gasteiger partial charge in [0.05, 0.1) is 26.3 Å². The number of carbonyl (C=O) groups excluding carboxylic acids is 2. The number of rotatable bonds is 5. The number of carbonyl (C=O) groups is 2. The minimum absolute atomic E-state index is 0.0816. The Labute approximate surface area is 106 Å². The average molecular weight is 253 g/mol. The summed E-state index contributed by atoms with van der Waals surface area (Å²) in [4.78, 5) is 22.8. The van der Waals surface area contributed by atoms with Crippen molar-refractivity contribution in [2.45, 2.75) is 12.5 Å². The van der Waals surface area contributed by atoms with Crippen LogP contribution in [0.2, 0.25) is 0 Å². The first-order valence-electron chi connectivity index (χ1n) is 5.43. The summed E-state index contributed by atoms with van der Waals surface area (Å²) >= 11 is 0. The first-order valence-corrected chi connectivity index (χ1v) is 5.43. The molecule has 0 saturated carbocycles. The van der Waals surface area contributed by atoms with Crippen molar-refractivity contribution in [3.63, 3.8) is 0 Å². The highest BCUT2D eigenvalue weighted by Crippen LogP contribution is 2.08. The number of methoxy groups -OCH3 is 2. The molecule has 0 saturated heterocycles. The predicted molar refractivity (Wildman–Crippen MR) is 63.7 cm³/mol. The lowest BCUT2D eigenvalue weighted by Crippen LogP contribution is -2.35. The summed E-state index contributed by atoms with van der Waals surface area (Å²) in [6.45, 7) is 0. The average Bonchev–Trinajstić information content (AvgIpc) is 2.36. The summed E-state index contributed by atoms with van der Waals surface area (Å²) in [5.74, 6) is -0.981. The fourth-order valence-electron chi connectivity index (χ4n) is 1.46. The number of nitrogens with zero attached hydrogens (tertiary/aromatic N) is 1. The van der Waals surface area contributed by atoms with Gasteiger partial charge in [-0.1, -0.05) is 0 Å². The Morgan fingerprint density at radius 3 is 2.67 bits per heavy atom. The number of nitrogens with one attached hydrogen (secondary N) is 1. The van der Waals surface area contributed by atoms with Crippen LogP contribution in [-0.2, 0) is 26.1 Å². The fraction of sp³-hybridized carbons (Fsp3) is 0.417. The second-order valence-electron chi connectivity index (χ2n) is 3.76. The zero-order chi connectivity index (χ0) is 13.5. The maximum atomic E-state index is 11.6. The van der Waals surface area contributed by atoms with Gasteiger partial charge in [-0.15, -0.1) is 0 Å². The summed E-state index contributed by atoms with van der Waals surface area (Å²) in [7, 11) is 4.41. The Bertz CT molecular complexity index is 434. The lowest BCUT2D eigenvalue weighted by Gasteiger charge is -2.15. The number of hydrogen-bond donors (Lipinski definition) is 1. The maximum Gasteiger partial charge on any atom is 0.328 e. The van der Waals surface area contributed by atoms with E-state index in [1.165, 1.54) is 14.2 Å². The van der Waals surface area contributed by atoms with Crippen LogP contribution in [0.3, 0.4) is 0 Å². The molecule has 6 heteroatoms. The molecular formula is C12H17N2O4+. The third kappa shape index (κ3) is 4.04. The number of esters is 2. The van der Waals surface area contributed by atoms with Gasteiger partial charge in [-0.05, 0) is 6.07 Å². The molecule has 1 aromatic rings. The molecule has 1 rings (SSSR count). The van der Waals surface area contributed by atoms with Crippen molar-refractivity contribution in [2.75, 3.05) is 19.5 Å². The van der Waals surface area contributed by atoms with Gasteiger partial charge in [-0.25, -0.2) is 9.36 Å². The molecule has 1 N–H and O–H groups in total. The molecular weight excluding hydrogens is 236 g/mol. The first-order chi connectivity index (χ1) is 8.56. The first kappa shape index (κ1) is 14.0. The van der Waals surface area contributed by atoms with Crippen LogP contribution in [0, 0.1) is 0 Å². The number of ether oxygens (including phenoxy) is 2. The van der Waals surface area contributed by atoms with Crippen molar-refractivity contribution >= 4 is 17.6 Å². The minimum atomic E-state index is -0.759. The van der Waals surface area contributed by atoms with Crippen LogP contribution in [0.15, 0.2) is 24.5 Å². The number of aryl methyl sites for hydroxylation is 1. The fourth-order valence-corrected chi connectivity index (χ4v) is 1.46. The van der Waals surface area contributed by atoms with Gasteiger partial charge in [0.15, 0.2) is 12.4 Å². The second-order valence-corrected chi connectivity index (χ2v) is 3.76. The highest BCUT2D eigenvalue weighted by Gasteiger charge is 2.23. The van der Waals surface area contributed by atoms with Gasteiger partial charge in [0.25, 0.3) is 0 Å². The summed E-state index contributed by atoms with van der Waals surface area (Å²) in [5, 5.41) is 2.94. The largest absolute Gasteiger partial charge is 0.469 e. The highest BCUT2D eigenvalue weighted by atomic mass is 16.5. The minimum Gasteiger partial charge on any atom is -0.469 e. The topological polar surface area (TPSA) is 68.5 Å². The smallest absolute Gasteiger partial charge is 0.328 e. The van der Waals surface area contributed by atoms with Crippen LogP contribution in [-0.4, -0.2) is 32.2 Å². The van der Waals surface area contributed by atoms with E-state index in [1.54, 1.807) is 12.3 Å². The summed E-state index contributed by atoms with van der Waals surface area (Å²) in [6.07, 6.45) is 3.58. The summed E-state index contributed by atoms with van der Waals surface area (Å²) in [5.41, 5.74) is 0.722. The lowest BCUT2D eigenvalue weighted by atomic mass is 10.2. The Balaban J connectivity index is 2.78. The van der Waals surface area contributed by atoms with Crippen LogP contribution in [0.5, 0.6) is 0 Å². The van der Waals surface area contributed by atoms with E-state index in [9.17, 15) is 9.59 Å². The van der Waals surface area contributed by atoms with Gasteiger partial charge in [-0.3, -0.25) is 4.79 Å². The van der Waals surface area contributed by atoms with E-state index in [4.69, 9.17) is 0 Å². The molecule has 1 unspecified atom stereocenters. The summed E-state index contributed by atoms with van der Waals surface area (Å²) in [6, 6.07) is 2.87. The standard InChI is InChI=1S/C12H17N2O4/c1-14-6-4-5-9(8-14)13-10(12(16)18-3)7-11(15)17-2/h4-6,8,10,13H,7H2,1-3H3/q+1. The zero-order valence-electron chi connectivity index (χ0n) is 10.7. The monoisotopic (exact) mass is 253 g/mol. The molecule has 0 amide bonds. The van der Waals surface area contributed by atoms with Gasteiger partial charge in [0.2, 0.25) is 0 Å². The molecule has 1 atom stereocenters. The molecule has 0 aliphatic rings. The Hall–Kier alpha value is -2.11. The molecule has 1 aromatic heterocycles. The van der Waals surface area contributed by atoms with E-state index in [2.05, 4.69) is 14.8 Å². The van der Waals surface area contributed by atoms with E-state index >= 15 is 0 Å². The van der Waals surface area contributed by atoms with Gasteiger partial charge in [0, 0.05) is 6.07 Å². The molecule has 6 nitrogen and oxygen atoms in total. The predicted octanol–water partition coefficient (Wildman–Crippen LogP) is 0.0277. The molecule has 0 fully saturated rings. The van der Waals surface area contributed by atoms with E-state index < -0.39 is 18.0 Å². The van der Waals surface area contributed by atoms with Gasteiger partial charge >= 0.3 is 11.9 Å². The number of hydrogen-bond acceptors (Lipinski definition) is 5. The third-order valence-corrected chi connectivity index (χ3v) is 2.36. The molecule has 0 spiro atoms. The molecule has 18 heavy (non-hydrogen) atoms. The third-order valence-electron chi connectivity index (χ3n) is 2.36. The van der Waals surface area contributed by atoms with Gasteiger partial charge in [0.1, 0.15) is 13.1 Å². The molecule has 1 heterocycles. The Morgan fingerprint density at radius 1 is 1.39 bits per heavy atom. The van der Waals surface area contributed by atoms with Crippen molar-refractivity contribution < 1.29 is 23.6 Å². The highest BCUT2D eigenvalue weighted by molar-refractivity contribution is 5.85. The SMILES string of the molecule is COC(=O)CC(Nc1ccc[n+](C)c1)C(=O)OC. The van der Waals surface area contributed by atoms with Gasteiger partial charge in [-0.2, -0.15) is 0 Å². The normalized spacial score (nSPS) is 11.5. The van der Waals surface area contributed by atoms with E-state index in [-0.39, 0.29) is 6.42 Å². The quantitative estimate of drug-likeness (QED) is 0.592. The van der Waals surface area contributed by atoms with Crippen LogP contribution < -0.4 is 9.88 Å². The van der Waals surface area contributed by atoms with Crippen molar-refractivity contribution in [1.82, 2.24) is 0 Å². The lowest BCUT2D eigenvalue weighted by molar-refractivity contribution is -0.670. The second kappa shape index (κ2) is 6.58. The van der Waals surface area contributed by atoms with Crippen molar-refractivity contribution in [1.29, 1.82) is 0 Å². The Morgan fingerprint density at radius 2 is 2.11 bits per heavy atom. The van der Waals surface area contributed by atoms with Crippen molar-refractivity contribution in [3.8, 4) is 0 Å². The molecule has 0 aliphatic carbocycles. The van der Waals surface area contributed by atoms with Crippen LogP contribution in [0.4, 0.5) is 5.69 Å². The Kier molecular flexibility index (Phi) is 5.10. The molecule has 0 aromatic carbocycles. The van der Waals surface area contributed by atoms with Crippen molar-refractivity contribution in [3.05, 3.63) is 24.5 Å². The number of anilines is 1. The van der Waals surface area contributed by atoms with Crippen LogP contribution in [0.1, 0.15) is 6.42 Å². The van der Waals surface area contributed by atoms with Crippen LogP contribution >= 0.6 is 0 Å². The molecule has 98 valence electrons. The van der Waals surface area contributed by atoms with Gasteiger partial charge < -0.3 is 14.8 Å². The van der Waals surface area contributed by atoms with E-state index in [0.717, 1.165) is 5.69 Å². The van der Waals surface area contributed by atoms with Crippen molar-refractivity contribution in [2.24, 2.45) is 7.05 Å². The van der Waals surface area contributed by atoms with Crippen LogP contribution in [0.25, 0.3) is 0 Å². The molecule has 0 radical (unpaired) electrons. The maximum absolute atomic E-state index is 11.6. The summed E-state index contributed by atoms with van der Waals surface area (Å²) < 4.78 is 11.0. The molecule has 0 aliphatic heterocycles. The zero-order valence-corrected chi connectivity index (χ0v) is 10.7. The van der Waals surface area contributed by atoms with E-state index in [1.807, 2.05) is 23.9 Å². The molecule has 0 bridgehead atoms.